The Kier molecular flexibility index (Phi) is 5.02. The number of nitrogens with two attached hydrogens (primary N) is 1. The number of hydrogen-bond donors (Lipinski definition) is 1. The summed E-state index contributed by atoms with van der Waals surface area (Å²) in [5.74, 6) is 0.591. The normalized spacial score (nSPS) is 19.2. The second-order valence-corrected chi connectivity index (χ2v) is 5.84. The van der Waals surface area contributed by atoms with Crippen LogP contribution in [0.4, 0.5) is 5.69 Å². The number of rotatable bonds is 4. The van der Waals surface area contributed by atoms with Gasteiger partial charge in [-0.25, -0.2) is 0 Å². The van der Waals surface area contributed by atoms with Crippen LogP contribution < -0.4 is 10.6 Å². The first-order valence-corrected chi connectivity index (χ1v) is 7.25. The topological polar surface area (TPSA) is 38.5 Å². The molecule has 0 radical (unpaired) electrons. The van der Waals surface area contributed by atoms with Crippen molar-refractivity contribution >= 4 is 34.5 Å². The molecule has 1 aromatic carbocycles. The van der Waals surface area contributed by atoms with Crippen LogP contribution in [-0.2, 0) is 4.74 Å². The lowest BCUT2D eigenvalue weighted by Gasteiger charge is -2.28. The number of ether oxygens (including phenoxy) is 1. The van der Waals surface area contributed by atoms with Gasteiger partial charge in [0.05, 0.1) is 11.6 Å². The van der Waals surface area contributed by atoms with Crippen LogP contribution in [0.15, 0.2) is 18.2 Å². The minimum Gasteiger partial charge on any atom is -0.389 e. The van der Waals surface area contributed by atoms with Gasteiger partial charge < -0.3 is 15.4 Å². The fourth-order valence-electron chi connectivity index (χ4n) is 2.39. The Balaban J connectivity index is 2.04. The third kappa shape index (κ3) is 3.81. The highest BCUT2D eigenvalue weighted by Crippen LogP contribution is 2.25. The molecule has 2 rings (SSSR count). The van der Waals surface area contributed by atoms with Gasteiger partial charge in [0.25, 0.3) is 0 Å². The minimum absolute atomic E-state index is 0.333. The van der Waals surface area contributed by atoms with E-state index in [1.807, 2.05) is 18.2 Å². The first kappa shape index (κ1) is 14.6. The van der Waals surface area contributed by atoms with Crippen LogP contribution in [0.25, 0.3) is 0 Å². The highest BCUT2D eigenvalue weighted by Gasteiger charge is 2.16. The van der Waals surface area contributed by atoms with Crippen LogP contribution in [-0.4, -0.2) is 31.8 Å². The van der Waals surface area contributed by atoms with Crippen molar-refractivity contribution in [3.05, 3.63) is 28.8 Å². The molecule has 2 N–H and O–H groups in total. The summed E-state index contributed by atoms with van der Waals surface area (Å²) in [5, 5.41) is 0.608. The molecule has 104 valence electrons. The highest BCUT2D eigenvalue weighted by atomic mass is 35.5. The smallest absolute Gasteiger partial charge is 0.105 e. The van der Waals surface area contributed by atoms with Gasteiger partial charge in [-0.05, 0) is 37.0 Å². The summed E-state index contributed by atoms with van der Waals surface area (Å²) in [6.45, 7) is 2.72. The van der Waals surface area contributed by atoms with Gasteiger partial charge in [0, 0.05) is 31.5 Å². The van der Waals surface area contributed by atoms with Crippen molar-refractivity contribution in [2.45, 2.75) is 12.8 Å². The second kappa shape index (κ2) is 6.55. The zero-order valence-corrected chi connectivity index (χ0v) is 12.6. The quantitative estimate of drug-likeness (QED) is 0.868. The molecule has 0 bridgehead atoms. The lowest BCUT2D eigenvalue weighted by Crippen LogP contribution is -2.30. The van der Waals surface area contributed by atoms with E-state index < -0.39 is 0 Å². The van der Waals surface area contributed by atoms with E-state index in [4.69, 9.17) is 34.3 Å². The molecule has 1 fully saturated rings. The average Bonchev–Trinajstić information content (AvgIpc) is 2.39. The van der Waals surface area contributed by atoms with E-state index in [2.05, 4.69) is 11.9 Å². The van der Waals surface area contributed by atoms with Gasteiger partial charge in [-0.3, -0.25) is 0 Å². The molecule has 19 heavy (non-hydrogen) atoms. The van der Waals surface area contributed by atoms with Crippen molar-refractivity contribution in [3.8, 4) is 0 Å². The van der Waals surface area contributed by atoms with Crippen LogP contribution in [0.1, 0.15) is 18.4 Å². The largest absolute Gasteiger partial charge is 0.389 e. The first-order valence-electron chi connectivity index (χ1n) is 6.46. The third-order valence-corrected chi connectivity index (χ3v) is 3.98. The van der Waals surface area contributed by atoms with E-state index in [-0.39, 0.29) is 0 Å². The summed E-state index contributed by atoms with van der Waals surface area (Å²) >= 11 is 11.1. The Morgan fingerprint density at radius 3 is 2.95 bits per heavy atom. The van der Waals surface area contributed by atoms with Crippen LogP contribution >= 0.6 is 23.8 Å². The monoisotopic (exact) mass is 298 g/mol. The Hall–Kier alpha value is -0.840. The molecule has 0 spiro atoms. The molecule has 3 nitrogen and oxygen atoms in total. The van der Waals surface area contributed by atoms with Crippen molar-refractivity contribution in [2.24, 2.45) is 11.7 Å². The standard InChI is InChI=1S/C14H19ClN2OS/c1-17(8-10-3-2-6-18-9-10)11-4-5-12(14(16)19)13(15)7-11/h4-5,7,10H,2-3,6,8-9H2,1H3,(H2,16,19). The van der Waals surface area contributed by atoms with E-state index >= 15 is 0 Å². The number of nitrogens with zero attached hydrogens (tertiary/aromatic N) is 1. The SMILES string of the molecule is CN(CC1CCCOC1)c1ccc(C(N)=S)c(Cl)c1. The number of hydrogen-bond acceptors (Lipinski definition) is 3. The van der Waals surface area contributed by atoms with Crippen molar-refractivity contribution < 1.29 is 4.74 Å². The predicted octanol–water partition coefficient (Wildman–Crippen LogP) is 2.84. The molecule has 1 heterocycles. The number of anilines is 1. The maximum Gasteiger partial charge on any atom is 0.105 e. The zero-order chi connectivity index (χ0) is 13.8. The van der Waals surface area contributed by atoms with Crippen molar-refractivity contribution in [1.29, 1.82) is 0 Å². The fourth-order valence-corrected chi connectivity index (χ4v) is 2.90. The molecule has 1 atom stereocenters. The summed E-state index contributed by atoms with van der Waals surface area (Å²) < 4.78 is 5.51. The van der Waals surface area contributed by atoms with Gasteiger partial charge in [-0.15, -0.1) is 0 Å². The van der Waals surface area contributed by atoms with E-state index in [9.17, 15) is 0 Å². The summed E-state index contributed by atoms with van der Waals surface area (Å²) in [5.41, 5.74) is 7.42. The van der Waals surface area contributed by atoms with Crippen molar-refractivity contribution in [2.75, 3.05) is 31.7 Å². The molecule has 0 amide bonds. The van der Waals surface area contributed by atoms with Gasteiger partial charge in [0.15, 0.2) is 0 Å². The Bertz CT molecular complexity index is 461. The Labute approximate surface area is 124 Å². The van der Waals surface area contributed by atoms with E-state index in [1.54, 1.807) is 0 Å². The molecular weight excluding hydrogens is 280 g/mol. The molecule has 1 aliphatic rings. The van der Waals surface area contributed by atoms with Gasteiger partial charge >= 0.3 is 0 Å². The number of thiocarbonyl (C=S) groups is 1. The molecule has 0 saturated carbocycles. The number of benzene rings is 1. The van der Waals surface area contributed by atoms with Gasteiger partial charge in [0.1, 0.15) is 4.99 Å². The van der Waals surface area contributed by atoms with Crippen LogP contribution in [0.5, 0.6) is 0 Å². The third-order valence-electron chi connectivity index (χ3n) is 3.45. The van der Waals surface area contributed by atoms with Gasteiger partial charge in [0.2, 0.25) is 0 Å². The molecule has 1 saturated heterocycles. The fraction of sp³-hybridized carbons (Fsp3) is 0.500. The molecular formula is C14H19ClN2OS. The van der Waals surface area contributed by atoms with Crippen molar-refractivity contribution in [1.82, 2.24) is 0 Å². The summed E-state index contributed by atoms with van der Waals surface area (Å²) in [4.78, 5) is 2.54. The lowest BCUT2D eigenvalue weighted by molar-refractivity contribution is 0.0576. The Morgan fingerprint density at radius 1 is 1.58 bits per heavy atom. The number of halogens is 1. The maximum absolute atomic E-state index is 6.19. The highest BCUT2D eigenvalue weighted by molar-refractivity contribution is 7.80. The van der Waals surface area contributed by atoms with Crippen LogP contribution in [0.3, 0.4) is 0 Å². The molecule has 1 aliphatic heterocycles. The van der Waals surface area contributed by atoms with Gasteiger partial charge in [-0.2, -0.15) is 0 Å². The Morgan fingerprint density at radius 2 is 2.37 bits per heavy atom. The predicted molar refractivity (Wildman–Crippen MR) is 84.2 cm³/mol. The summed E-state index contributed by atoms with van der Waals surface area (Å²) in [7, 11) is 2.07. The molecule has 1 aromatic rings. The molecule has 5 heteroatoms. The zero-order valence-electron chi connectivity index (χ0n) is 11.1. The van der Waals surface area contributed by atoms with E-state index in [1.165, 1.54) is 6.42 Å². The molecule has 0 aliphatic carbocycles. The lowest BCUT2D eigenvalue weighted by atomic mass is 10.0. The van der Waals surface area contributed by atoms with Crippen LogP contribution in [0.2, 0.25) is 5.02 Å². The van der Waals surface area contributed by atoms with Crippen molar-refractivity contribution in [3.63, 3.8) is 0 Å². The molecule has 1 unspecified atom stereocenters. The van der Waals surface area contributed by atoms with E-state index in [0.717, 1.165) is 37.4 Å². The van der Waals surface area contributed by atoms with Crippen LogP contribution in [0, 0.1) is 5.92 Å². The van der Waals surface area contributed by atoms with E-state index in [0.29, 0.717) is 15.9 Å². The summed E-state index contributed by atoms with van der Waals surface area (Å²) in [6.07, 6.45) is 2.38. The first-order chi connectivity index (χ1) is 9.08. The average molecular weight is 299 g/mol. The molecule has 0 aromatic heterocycles. The van der Waals surface area contributed by atoms with Gasteiger partial charge in [-0.1, -0.05) is 23.8 Å². The summed E-state index contributed by atoms with van der Waals surface area (Å²) in [6, 6.07) is 5.80. The minimum atomic E-state index is 0.333. The second-order valence-electron chi connectivity index (χ2n) is 4.99. The maximum atomic E-state index is 6.19.